The minimum atomic E-state index is -4.29. The van der Waals surface area contributed by atoms with Crippen LogP contribution in [-0.2, 0) is 6.18 Å². The van der Waals surface area contributed by atoms with Crippen molar-refractivity contribution in [3.63, 3.8) is 0 Å². The van der Waals surface area contributed by atoms with Crippen LogP contribution in [0.1, 0.15) is 18.9 Å². The van der Waals surface area contributed by atoms with E-state index in [1.54, 1.807) is 12.1 Å². The highest BCUT2D eigenvalue weighted by Gasteiger charge is 2.45. The summed E-state index contributed by atoms with van der Waals surface area (Å²) in [4.78, 5) is 1.99. The Morgan fingerprint density at radius 2 is 2.00 bits per heavy atom. The first kappa shape index (κ1) is 13.7. The Labute approximate surface area is 117 Å². The van der Waals surface area contributed by atoms with Gasteiger partial charge in [-0.15, -0.1) is 0 Å². The third-order valence-corrected chi connectivity index (χ3v) is 4.65. The molecule has 2 fully saturated rings. The third kappa shape index (κ3) is 2.18. The van der Waals surface area contributed by atoms with Crippen LogP contribution in [0.4, 0.5) is 18.9 Å². The number of hydrogen-bond donors (Lipinski definition) is 1. The van der Waals surface area contributed by atoms with Gasteiger partial charge in [-0.05, 0) is 30.4 Å². The summed E-state index contributed by atoms with van der Waals surface area (Å²) in [6.45, 7) is 4.64. The molecule has 0 amide bonds. The fourth-order valence-corrected chi connectivity index (χ4v) is 3.79. The summed E-state index contributed by atoms with van der Waals surface area (Å²) in [6.07, 6.45) is -3.40. The molecular weight excluding hydrogens is 265 g/mol. The molecule has 3 unspecified atom stereocenters. The molecule has 0 saturated carbocycles. The van der Waals surface area contributed by atoms with E-state index in [1.165, 1.54) is 12.1 Å². The molecule has 2 saturated heterocycles. The van der Waals surface area contributed by atoms with E-state index < -0.39 is 11.7 Å². The van der Waals surface area contributed by atoms with Gasteiger partial charge in [0.05, 0.1) is 5.56 Å². The van der Waals surface area contributed by atoms with E-state index in [0.29, 0.717) is 17.5 Å². The topological polar surface area (TPSA) is 15.3 Å². The number of rotatable bonds is 2. The van der Waals surface area contributed by atoms with Crippen LogP contribution in [0.15, 0.2) is 24.3 Å². The maximum Gasteiger partial charge on any atom is 0.418 e. The fourth-order valence-electron chi connectivity index (χ4n) is 3.79. The van der Waals surface area contributed by atoms with Crippen molar-refractivity contribution >= 4 is 5.69 Å². The molecule has 1 aromatic rings. The van der Waals surface area contributed by atoms with Crippen molar-refractivity contribution in [2.24, 2.45) is 11.8 Å². The summed E-state index contributed by atoms with van der Waals surface area (Å²) in [5, 5.41) is 3.36. The highest BCUT2D eigenvalue weighted by Crippen LogP contribution is 2.42. The molecule has 110 valence electrons. The normalized spacial score (nSPS) is 29.8. The number of anilines is 1. The first-order valence-electron chi connectivity index (χ1n) is 7.16. The molecule has 1 aromatic carbocycles. The lowest BCUT2D eigenvalue weighted by Gasteiger charge is -2.31. The molecule has 1 N–H and O–H groups in total. The molecule has 0 bridgehead atoms. The molecular formula is C15H19F3N2. The van der Waals surface area contributed by atoms with E-state index in [1.807, 2.05) is 4.90 Å². The molecule has 2 nitrogen and oxygen atoms in total. The van der Waals surface area contributed by atoms with E-state index in [0.717, 1.165) is 26.1 Å². The lowest BCUT2D eigenvalue weighted by molar-refractivity contribution is -0.137. The third-order valence-electron chi connectivity index (χ3n) is 4.65. The number of fused-ring (bicyclic) bond motifs is 1. The van der Waals surface area contributed by atoms with E-state index in [9.17, 15) is 13.2 Å². The summed E-state index contributed by atoms with van der Waals surface area (Å²) >= 11 is 0. The van der Waals surface area contributed by atoms with E-state index in [-0.39, 0.29) is 6.04 Å². The molecule has 20 heavy (non-hydrogen) atoms. The van der Waals surface area contributed by atoms with Crippen molar-refractivity contribution in [3.05, 3.63) is 29.8 Å². The van der Waals surface area contributed by atoms with Crippen molar-refractivity contribution in [1.82, 2.24) is 5.32 Å². The molecule has 3 atom stereocenters. The average molecular weight is 284 g/mol. The van der Waals surface area contributed by atoms with E-state index in [2.05, 4.69) is 12.2 Å². The molecule has 2 heterocycles. The SMILES string of the molecule is CCC1C2CNCC2CN1c1ccccc1C(F)(F)F. The van der Waals surface area contributed by atoms with Crippen LogP contribution in [0, 0.1) is 11.8 Å². The maximum atomic E-state index is 13.2. The number of halogens is 3. The zero-order valence-electron chi connectivity index (χ0n) is 11.5. The Hall–Kier alpha value is -1.23. The standard InChI is InChI=1S/C15H19F3N2/c1-2-13-11-8-19-7-10(11)9-20(13)14-6-4-3-5-12(14)15(16,17)18/h3-6,10-11,13,19H,2,7-9H2,1H3. The van der Waals surface area contributed by atoms with Crippen molar-refractivity contribution in [2.75, 3.05) is 24.5 Å². The van der Waals surface area contributed by atoms with Gasteiger partial charge in [0.1, 0.15) is 0 Å². The predicted molar refractivity (Wildman–Crippen MR) is 72.7 cm³/mol. The number of alkyl halides is 3. The lowest BCUT2D eigenvalue weighted by Crippen LogP contribution is -2.36. The smallest absolute Gasteiger partial charge is 0.367 e. The van der Waals surface area contributed by atoms with Crippen molar-refractivity contribution in [1.29, 1.82) is 0 Å². The van der Waals surface area contributed by atoms with Gasteiger partial charge < -0.3 is 10.2 Å². The van der Waals surface area contributed by atoms with Gasteiger partial charge in [-0.1, -0.05) is 19.1 Å². The van der Waals surface area contributed by atoms with Gasteiger partial charge in [0.15, 0.2) is 0 Å². The first-order valence-corrected chi connectivity index (χ1v) is 7.16. The highest BCUT2D eigenvalue weighted by molar-refractivity contribution is 5.57. The zero-order chi connectivity index (χ0) is 14.3. The summed E-state index contributed by atoms with van der Waals surface area (Å²) in [5.74, 6) is 0.947. The Kier molecular flexibility index (Phi) is 3.40. The quantitative estimate of drug-likeness (QED) is 0.897. The summed E-state index contributed by atoms with van der Waals surface area (Å²) < 4.78 is 39.6. The summed E-state index contributed by atoms with van der Waals surface area (Å²) in [5.41, 5.74) is -0.160. The number of para-hydroxylation sites is 1. The van der Waals surface area contributed by atoms with Crippen LogP contribution in [-0.4, -0.2) is 25.7 Å². The number of benzene rings is 1. The molecule has 0 aliphatic carbocycles. The molecule has 0 radical (unpaired) electrons. The molecule has 0 aromatic heterocycles. The van der Waals surface area contributed by atoms with E-state index in [4.69, 9.17) is 0 Å². The van der Waals surface area contributed by atoms with Gasteiger partial charge in [0.25, 0.3) is 0 Å². The van der Waals surface area contributed by atoms with Crippen LogP contribution >= 0.6 is 0 Å². The van der Waals surface area contributed by atoms with Crippen LogP contribution in [0.2, 0.25) is 0 Å². The fraction of sp³-hybridized carbons (Fsp3) is 0.600. The Balaban J connectivity index is 1.97. The molecule has 5 heteroatoms. The van der Waals surface area contributed by atoms with Gasteiger partial charge >= 0.3 is 6.18 Å². The molecule has 0 spiro atoms. The van der Waals surface area contributed by atoms with Gasteiger partial charge in [-0.25, -0.2) is 0 Å². The molecule has 3 rings (SSSR count). The molecule has 2 aliphatic heterocycles. The second kappa shape index (κ2) is 4.95. The van der Waals surface area contributed by atoms with Crippen molar-refractivity contribution < 1.29 is 13.2 Å². The predicted octanol–water partition coefficient (Wildman–Crippen LogP) is 3.14. The lowest BCUT2D eigenvalue weighted by atomic mass is 9.92. The van der Waals surface area contributed by atoms with Gasteiger partial charge in [-0.2, -0.15) is 13.2 Å². The maximum absolute atomic E-state index is 13.2. The van der Waals surface area contributed by atoms with Crippen LogP contribution < -0.4 is 10.2 Å². The summed E-state index contributed by atoms with van der Waals surface area (Å²) in [6, 6.07) is 6.17. The zero-order valence-corrected chi connectivity index (χ0v) is 11.5. The Bertz CT molecular complexity index is 486. The number of nitrogens with zero attached hydrogens (tertiary/aromatic N) is 1. The average Bonchev–Trinajstić information content (AvgIpc) is 2.97. The van der Waals surface area contributed by atoms with Crippen molar-refractivity contribution in [2.45, 2.75) is 25.6 Å². The van der Waals surface area contributed by atoms with Crippen LogP contribution in [0.3, 0.4) is 0 Å². The summed E-state index contributed by atoms with van der Waals surface area (Å²) in [7, 11) is 0. The van der Waals surface area contributed by atoms with E-state index >= 15 is 0 Å². The minimum Gasteiger partial charge on any atom is -0.367 e. The van der Waals surface area contributed by atoms with Crippen LogP contribution in [0.5, 0.6) is 0 Å². The Morgan fingerprint density at radius 3 is 2.70 bits per heavy atom. The largest absolute Gasteiger partial charge is 0.418 e. The van der Waals surface area contributed by atoms with Gasteiger partial charge in [-0.3, -0.25) is 0 Å². The van der Waals surface area contributed by atoms with Gasteiger partial charge in [0, 0.05) is 31.4 Å². The highest BCUT2D eigenvalue weighted by atomic mass is 19.4. The second-order valence-electron chi connectivity index (χ2n) is 5.73. The number of hydrogen-bond acceptors (Lipinski definition) is 2. The monoisotopic (exact) mass is 284 g/mol. The van der Waals surface area contributed by atoms with Crippen molar-refractivity contribution in [3.8, 4) is 0 Å². The Morgan fingerprint density at radius 1 is 1.25 bits per heavy atom. The number of nitrogens with one attached hydrogen (secondary N) is 1. The first-order chi connectivity index (χ1) is 9.52. The minimum absolute atomic E-state index is 0.207. The molecule has 2 aliphatic rings. The van der Waals surface area contributed by atoms with Gasteiger partial charge in [0.2, 0.25) is 0 Å². The van der Waals surface area contributed by atoms with Crippen LogP contribution in [0.25, 0.3) is 0 Å². The second-order valence-corrected chi connectivity index (χ2v) is 5.73.